The second kappa shape index (κ2) is 2.81. The molecule has 0 aliphatic carbocycles. The molecule has 0 saturated heterocycles. The quantitative estimate of drug-likeness (QED) is 0.645. The molecule has 2 aromatic heterocycles. The third-order valence-electron chi connectivity index (χ3n) is 1.69. The zero-order valence-corrected chi connectivity index (χ0v) is 7.59. The van der Waals surface area contributed by atoms with Gasteiger partial charge in [0.2, 0.25) is 0 Å². The van der Waals surface area contributed by atoms with Crippen LogP contribution in [0.3, 0.4) is 0 Å². The van der Waals surface area contributed by atoms with E-state index in [1.807, 2.05) is 0 Å². The highest BCUT2D eigenvalue weighted by molar-refractivity contribution is 6.29. The van der Waals surface area contributed by atoms with Crippen molar-refractivity contribution in [3.05, 3.63) is 33.3 Å². The number of pyridine rings is 1. The number of halogens is 1. The van der Waals surface area contributed by atoms with Crippen molar-refractivity contribution in [2.75, 3.05) is 0 Å². The maximum absolute atomic E-state index is 11.1. The first-order chi connectivity index (χ1) is 6.16. The summed E-state index contributed by atoms with van der Waals surface area (Å²) in [6.45, 7) is 1.65. The molecule has 0 aromatic carbocycles. The average molecular weight is 196 g/mol. The lowest BCUT2D eigenvalue weighted by Gasteiger charge is -1.97. The Morgan fingerprint density at radius 3 is 2.92 bits per heavy atom. The second-order valence-corrected chi connectivity index (χ2v) is 3.04. The first kappa shape index (κ1) is 8.19. The van der Waals surface area contributed by atoms with Gasteiger partial charge in [0, 0.05) is 0 Å². The van der Waals surface area contributed by atoms with Crippen LogP contribution in [0.5, 0.6) is 0 Å². The highest BCUT2D eigenvalue weighted by atomic mass is 35.5. The molecule has 5 heteroatoms. The maximum Gasteiger partial charge on any atom is 0.270 e. The maximum atomic E-state index is 11.1. The Hall–Kier alpha value is -1.42. The van der Waals surface area contributed by atoms with E-state index in [1.54, 1.807) is 19.1 Å². The largest absolute Gasteiger partial charge is 0.304 e. The molecule has 4 nitrogen and oxygen atoms in total. The highest BCUT2D eigenvalue weighted by Gasteiger charge is 2.01. The molecule has 2 heterocycles. The van der Waals surface area contributed by atoms with E-state index in [9.17, 15) is 4.79 Å². The number of aromatic amines is 1. The van der Waals surface area contributed by atoms with Crippen LogP contribution in [0.25, 0.3) is 11.2 Å². The fraction of sp³-hybridized carbons (Fsp3) is 0.125. The molecule has 0 unspecified atom stereocenters. The van der Waals surface area contributed by atoms with Crippen LogP contribution >= 0.6 is 11.6 Å². The van der Waals surface area contributed by atoms with Crippen molar-refractivity contribution in [3.63, 3.8) is 0 Å². The van der Waals surface area contributed by atoms with Gasteiger partial charge in [-0.2, -0.15) is 0 Å². The Kier molecular flexibility index (Phi) is 1.77. The minimum Gasteiger partial charge on any atom is -0.304 e. The van der Waals surface area contributed by atoms with Gasteiger partial charge in [-0.25, -0.2) is 9.97 Å². The van der Waals surface area contributed by atoms with Crippen LogP contribution < -0.4 is 5.56 Å². The summed E-state index contributed by atoms with van der Waals surface area (Å²) in [5.41, 5.74) is 1.25. The molecule has 1 N–H and O–H groups in total. The van der Waals surface area contributed by atoms with E-state index in [4.69, 9.17) is 11.6 Å². The van der Waals surface area contributed by atoms with Crippen molar-refractivity contribution >= 4 is 22.8 Å². The fourth-order valence-corrected chi connectivity index (χ4v) is 1.19. The van der Waals surface area contributed by atoms with E-state index < -0.39 is 0 Å². The van der Waals surface area contributed by atoms with Gasteiger partial charge in [0.15, 0.2) is 5.65 Å². The molecule has 0 atom stereocenters. The van der Waals surface area contributed by atoms with E-state index in [-0.39, 0.29) is 5.56 Å². The summed E-state index contributed by atoms with van der Waals surface area (Å²) in [5.74, 6) is 0. The van der Waals surface area contributed by atoms with Crippen molar-refractivity contribution < 1.29 is 0 Å². The number of aryl methyl sites for hydroxylation is 1. The molecule has 2 aromatic rings. The number of hydrogen-bond donors (Lipinski definition) is 1. The average Bonchev–Trinajstić information content (AvgIpc) is 2.08. The van der Waals surface area contributed by atoms with Crippen molar-refractivity contribution in [2.24, 2.45) is 0 Å². The minimum absolute atomic E-state index is 0.234. The molecule has 66 valence electrons. The Morgan fingerprint density at radius 1 is 1.38 bits per heavy atom. The molecule has 0 aliphatic rings. The van der Waals surface area contributed by atoms with Crippen molar-refractivity contribution in [2.45, 2.75) is 6.92 Å². The molecule has 0 bridgehead atoms. The lowest BCUT2D eigenvalue weighted by Crippen LogP contribution is -2.12. The highest BCUT2D eigenvalue weighted by Crippen LogP contribution is 2.09. The van der Waals surface area contributed by atoms with E-state index in [0.717, 1.165) is 0 Å². The molecule has 13 heavy (non-hydrogen) atoms. The molecule has 0 amide bonds. The van der Waals surface area contributed by atoms with Gasteiger partial charge < -0.3 is 4.98 Å². The number of nitrogens with one attached hydrogen (secondary N) is 1. The molecule has 0 spiro atoms. The summed E-state index contributed by atoms with van der Waals surface area (Å²) >= 11 is 5.65. The lowest BCUT2D eigenvalue weighted by molar-refractivity contribution is 1.10. The van der Waals surface area contributed by atoms with Crippen LogP contribution in [0.1, 0.15) is 5.69 Å². The first-order valence-electron chi connectivity index (χ1n) is 3.70. The van der Waals surface area contributed by atoms with Crippen LogP contribution in [-0.2, 0) is 0 Å². The smallest absolute Gasteiger partial charge is 0.270 e. The Labute approximate surface area is 78.6 Å². The van der Waals surface area contributed by atoms with Gasteiger partial charge in [-0.15, -0.1) is 0 Å². The second-order valence-electron chi connectivity index (χ2n) is 2.65. The minimum atomic E-state index is -0.234. The normalized spacial score (nSPS) is 10.6. The molecule has 0 aliphatic heterocycles. The van der Waals surface area contributed by atoms with E-state index >= 15 is 0 Å². The number of rotatable bonds is 0. The van der Waals surface area contributed by atoms with Crippen LogP contribution in [0.4, 0.5) is 0 Å². The molecule has 0 radical (unpaired) electrons. The van der Waals surface area contributed by atoms with Crippen LogP contribution in [0.2, 0.25) is 5.15 Å². The molecular formula is C8H6ClN3O. The van der Waals surface area contributed by atoms with Crippen molar-refractivity contribution in [1.29, 1.82) is 0 Å². The first-order valence-corrected chi connectivity index (χ1v) is 4.08. The zero-order valence-electron chi connectivity index (χ0n) is 6.84. The Morgan fingerprint density at radius 2 is 2.15 bits per heavy atom. The number of hydrogen-bond acceptors (Lipinski definition) is 3. The van der Waals surface area contributed by atoms with E-state index in [0.29, 0.717) is 22.0 Å². The van der Waals surface area contributed by atoms with Gasteiger partial charge in [-0.3, -0.25) is 4.79 Å². The molecule has 0 saturated carbocycles. The topological polar surface area (TPSA) is 58.6 Å². The monoisotopic (exact) mass is 195 g/mol. The van der Waals surface area contributed by atoms with Crippen LogP contribution in [-0.4, -0.2) is 15.0 Å². The number of nitrogens with zero attached hydrogens (tertiary/aromatic N) is 2. The van der Waals surface area contributed by atoms with Gasteiger partial charge in [-0.05, 0) is 19.1 Å². The van der Waals surface area contributed by atoms with Gasteiger partial charge in [-0.1, -0.05) is 11.6 Å². The van der Waals surface area contributed by atoms with Crippen molar-refractivity contribution in [1.82, 2.24) is 15.0 Å². The van der Waals surface area contributed by atoms with Gasteiger partial charge in [0.25, 0.3) is 5.56 Å². The third kappa shape index (κ3) is 1.40. The fourth-order valence-electron chi connectivity index (χ4n) is 1.04. The van der Waals surface area contributed by atoms with Gasteiger partial charge in [0.1, 0.15) is 16.4 Å². The summed E-state index contributed by atoms with van der Waals surface area (Å²) in [5, 5.41) is 0.341. The van der Waals surface area contributed by atoms with Crippen LogP contribution in [0, 0.1) is 6.92 Å². The summed E-state index contributed by atoms with van der Waals surface area (Å²) in [7, 11) is 0. The number of fused-ring (bicyclic) bond motifs is 1. The zero-order chi connectivity index (χ0) is 9.42. The summed E-state index contributed by atoms with van der Waals surface area (Å²) < 4.78 is 0. The molecule has 2 rings (SSSR count). The predicted molar refractivity (Wildman–Crippen MR) is 49.9 cm³/mol. The Balaban J connectivity index is 2.89. The van der Waals surface area contributed by atoms with Gasteiger partial charge in [0.05, 0.1) is 0 Å². The summed E-state index contributed by atoms with van der Waals surface area (Å²) in [4.78, 5) is 21.7. The number of H-pyrrole nitrogens is 1. The van der Waals surface area contributed by atoms with E-state index in [1.165, 1.54) is 0 Å². The van der Waals surface area contributed by atoms with E-state index in [2.05, 4.69) is 15.0 Å². The Bertz CT molecular complexity index is 520. The SMILES string of the molecule is Cc1nc2ccc(Cl)nc2[nH]c1=O. The number of aromatic nitrogens is 3. The molecular weight excluding hydrogens is 190 g/mol. The van der Waals surface area contributed by atoms with Gasteiger partial charge >= 0.3 is 0 Å². The van der Waals surface area contributed by atoms with Crippen LogP contribution in [0.15, 0.2) is 16.9 Å². The lowest BCUT2D eigenvalue weighted by atomic mass is 10.4. The van der Waals surface area contributed by atoms with Crippen molar-refractivity contribution in [3.8, 4) is 0 Å². The summed E-state index contributed by atoms with van der Waals surface area (Å²) in [6, 6.07) is 3.35. The predicted octanol–water partition coefficient (Wildman–Crippen LogP) is 1.28. The molecule has 0 fully saturated rings. The standard InChI is InChI=1S/C8H6ClN3O/c1-4-8(13)12-7-5(10-4)2-3-6(9)11-7/h2-3H,1H3,(H,11,12,13). The third-order valence-corrected chi connectivity index (χ3v) is 1.90. The summed E-state index contributed by atoms with van der Waals surface area (Å²) in [6.07, 6.45) is 0.